The van der Waals surface area contributed by atoms with Crippen molar-refractivity contribution in [3.8, 4) is 17.2 Å². The Hall–Kier alpha value is -1.42. The molecule has 0 bridgehead atoms. The van der Waals surface area contributed by atoms with E-state index in [0.29, 0.717) is 18.0 Å². The van der Waals surface area contributed by atoms with Crippen LogP contribution in [0.1, 0.15) is 5.56 Å². The van der Waals surface area contributed by atoms with Gasteiger partial charge in [0.05, 0.1) is 14.2 Å². The molecule has 0 aliphatic carbocycles. The lowest BCUT2D eigenvalue weighted by atomic mass is 10.2. The van der Waals surface area contributed by atoms with E-state index in [4.69, 9.17) is 15.2 Å². The lowest BCUT2D eigenvalue weighted by Crippen LogP contribution is -2.00. The van der Waals surface area contributed by atoms with Gasteiger partial charge in [-0.15, -0.1) is 0 Å². The van der Waals surface area contributed by atoms with Gasteiger partial charge in [0.15, 0.2) is 11.5 Å². The maximum Gasteiger partial charge on any atom is 0.161 e. The zero-order chi connectivity index (χ0) is 9.84. The quantitative estimate of drug-likeness (QED) is 0.729. The topological polar surface area (TPSA) is 64.7 Å². The van der Waals surface area contributed by atoms with Gasteiger partial charge in [0, 0.05) is 18.2 Å². The van der Waals surface area contributed by atoms with E-state index in [1.807, 2.05) is 0 Å². The number of phenols is 1. The third-order valence-electron chi connectivity index (χ3n) is 1.80. The molecule has 1 aromatic carbocycles. The van der Waals surface area contributed by atoms with Crippen molar-refractivity contribution in [1.82, 2.24) is 0 Å². The molecule has 0 heterocycles. The summed E-state index contributed by atoms with van der Waals surface area (Å²) in [7, 11) is 3.02. The van der Waals surface area contributed by atoms with Crippen molar-refractivity contribution in [1.29, 1.82) is 0 Å². The van der Waals surface area contributed by atoms with Crippen molar-refractivity contribution in [2.24, 2.45) is 5.73 Å². The molecule has 0 fully saturated rings. The molecular weight excluding hydrogens is 170 g/mol. The predicted octanol–water partition coefficient (Wildman–Crippen LogP) is 0.868. The van der Waals surface area contributed by atoms with E-state index < -0.39 is 0 Å². The summed E-state index contributed by atoms with van der Waals surface area (Å²) in [6.45, 7) is 0.347. The summed E-state index contributed by atoms with van der Waals surface area (Å²) in [5, 5.41) is 9.40. The molecule has 0 aliphatic heterocycles. The van der Waals surface area contributed by atoms with Crippen LogP contribution in [0.15, 0.2) is 12.1 Å². The van der Waals surface area contributed by atoms with Crippen LogP contribution in [0, 0.1) is 0 Å². The van der Waals surface area contributed by atoms with E-state index in [9.17, 15) is 5.11 Å². The fourth-order valence-corrected chi connectivity index (χ4v) is 1.10. The molecule has 0 aliphatic rings. The van der Waals surface area contributed by atoms with E-state index in [1.165, 1.54) is 20.3 Å². The molecule has 0 aromatic heterocycles. The van der Waals surface area contributed by atoms with Crippen molar-refractivity contribution in [3.05, 3.63) is 17.7 Å². The second kappa shape index (κ2) is 4.00. The molecule has 0 atom stereocenters. The minimum Gasteiger partial charge on any atom is -0.504 e. The molecule has 1 aromatic rings. The fraction of sp³-hybridized carbons (Fsp3) is 0.333. The Kier molecular flexibility index (Phi) is 2.97. The zero-order valence-electron chi connectivity index (χ0n) is 7.70. The van der Waals surface area contributed by atoms with Gasteiger partial charge in [-0.05, 0) is 6.07 Å². The first kappa shape index (κ1) is 9.67. The summed E-state index contributed by atoms with van der Waals surface area (Å²) in [6, 6.07) is 3.15. The van der Waals surface area contributed by atoms with Crippen molar-refractivity contribution < 1.29 is 14.6 Å². The molecule has 0 saturated heterocycles. The molecular formula is C9H13NO3. The van der Waals surface area contributed by atoms with E-state index in [2.05, 4.69) is 0 Å². The highest BCUT2D eigenvalue weighted by Crippen LogP contribution is 2.33. The molecule has 0 saturated carbocycles. The van der Waals surface area contributed by atoms with Crippen LogP contribution in [-0.2, 0) is 6.54 Å². The minimum absolute atomic E-state index is 0.0524. The summed E-state index contributed by atoms with van der Waals surface area (Å²) in [5.41, 5.74) is 6.29. The van der Waals surface area contributed by atoms with Gasteiger partial charge in [0.25, 0.3) is 0 Å². The maximum absolute atomic E-state index is 9.40. The Labute approximate surface area is 76.9 Å². The first-order valence-electron chi connectivity index (χ1n) is 3.86. The lowest BCUT2D eigenvalue weighted by Gasteiger charge is -2.10. The highest BCUT2D eigenvalue weighted by molar-refractivity contribution is 5.49. The van der Waals surface area contributed by atoms with Gasteiger partial charge in [0.1, 0.15) is 5.75 Å². The van der Waals surface area contributed by atoms with Crippen LogP contribution in [0.2, 0.25) is 0 Å². The van der Waals surface area contributed by atoms with Gasteiger partial charge >= 0.3 is 0 Å². The molecule has 1 rings (SSSR count). The number of phenolic OH excluding ortho intramolecular Hbond substituents is 1. The first-order chi connectivity index (χ1) is 6.22. The van der Waals surface area contributed by atoms with E-state index in [1.54, 1.807) is 6.07 Å². The Bertz CT molecular complexity index is 299. The standard InChI is InChI=1S/C9H13NO3/c1-12-8-4-7(11)9(13-2)3-6(8)5-10/h3-4,11H,5,10H2,1-2H3. The summed E-state index contributed by atoms with van der Waals surface area (Å²) >= 11 is 0. The molecule has 3 N–H and O–H groups in total. The predicted molar refractivity (Wildman–Crippen MR) is 49.1 cm³/mol. The smallest absolute Gasteiger partial charge is 0.161 e. The van der Waals surface area contributed by atoms with Crippen LogP contribution in [0.4, 0.5) is 0 Å². The number of nitrogens with two attached hydrogens (primary N) is 1. The van der Waals surface area contributed by atoms with Crippen LogP contribution in [0.3, 0.4) is 0 Å². The minimum atomic E-state index is 0.0524. The van der Waals surface area contributed by atoms with Gasteiger partial charge in [-0.1, -0.05) is 0 Å². The second-order valence-corrected chi connectivity index (χ2v) is 2.54. The van der Waals surface area contributed by atoms with E-state index >= 15 is 0 Å². The highest BCUT2D eigenvalue weighted by Gasteiger charge is 2.08. The monoisotopic (exact) mass is 183 g/mol. The van der Waals surface area contributed by atoms with Crippen molar-refractivity contribution in [3.63, 3.8) is 0 Å². The average Bonchev–Trinajstić information content (AvgIpc) is 2.17. The second-order valence-electron chi connectivity index (χ2n) is 2.54. The normalized spacial score (nSPS) is 9.77. The van der Waals surface area contributed by atoms with Gasteiger partial charge in [-0.2, -0.15) is 0 Å². The molecule has 4 heteroatoms. The van der Waals surface area contributed by atoms with Gasteiger partial charge in [0.2, 0.25) is 0 Å². The molecule has 0 radical (unpaired) electrons. The Morgan fingerprint density at radius 3 is 2.31 bits per heavy atom. The molecule has 4 nitrogen and oxygen atoms in total. The van der Waals surface area contributed by atoms with Gasteiger partial charge < -0.3 is 20.3 Å². The maximum atomic E-state index is 9.40. The molecule has 72 valence electrons. The lowest BCUT2D eigenvalue weighted by molar-refractivity contribution is 0.364. The number of ether oxygens (including phenoxy) is 2. The molecule has 0 unspecified atom stereocenters. The van der Waals surface area contributed by atoms with Crippen LogP contribution in [-0.4, -0.2) is 19.3 Å². The summed E-state index contributed by atoms with van der Waals surface area (Å²) in [5.74, 6) is 1.03. The molecule has 0 spiro atoms. The number of hydrogen-bond donors (Lipinski definition) is 2. The third-order valence-corrected chi connectivity index (χ3v) is 1.80. The van der Waals surface area contributed by atoms with Crippen LogP contribution in [0.25, 0.3) is 0 Å². The van der Waals surface area contributed by atoms with E-state index in [-0.39, 0.29) is 5.75 Å². The number of methoxy groups -OCH3 is 2. The third kappa shape index (κ3) is 1.84. The van der Waals surface area contributed by atoms with Crippen molar-refractivity contribution >= 4 is 0 Å². The van der Waals surface area contributed by atoms with Crippen LogP contribution < -0.4 is 15.2 Å². The number of benzene rings is 1. The van der Waals surface area contributed by atoms with Crippen molar-refractivity contribution in [2.75, 3.05) is 14.2 Å². The van der Waals surface area contributed by atoms with Gasteiger partial charge in [-0.25, -0.2) is 0 Å². The molecule has 0 amide bonds. The Morgan fingerprint density at radius 1 is 1.23 bits per heavy atom. The summed E-state index contributed by atoms with van der Waals surface area (Å²) < 4.78 is 9.95. The zero-order valence-corrected chi connectivity index (χ0v) is 7.70. The van der Waals surface area contributed by atoms with Crippen molar-refractivity contribution in [2.45, 2.75) is 6.54 Å². The Balaban J connectivity index is 3.18. The largest absolute Gasteiger partial charge is 0.504 e. The highest BCUT2D eigenvalue weighted by atomic mass is 16.5. The molecule has 13 heavy (non-hydrogen) atoms. The van der Waals surface area contributed by atoms with Gasteiger partial charge in [-0.3, -0.25) is 0 Å². The summed E-state index contributed by atoms with van der Waals surface area (Å²) in [6.07, 6.45) is 0. The SMILES string of the molecule is COc1cc(CN)c(OC)cc1O. The number of hydrogen-bond acceptors (Lipinski definition) is 4. The average molecular weight is 183 g/mol. The Morgan fingerprint density at radius 2 is 1.85 bits per heavy atom. The van der Waals surface area contributed by atoms with Crippen LogP contribution in [0.5, 0.6) is 17.2 Å². The number of aromatic hydroxyl groups is 1. The number of rotatable bonds is 3. The van der Waals surface area contributed by atoms with E-state index in [0.717, 1.165) is 5.56 Å². The summed E-state index contributed by atoms with van der Waals surface area (Å²) in [4.78, 5) is 0. The first-order valence-corrected chi connectivity index (χ1v) is 3.86. The fourth-order valence-electron chi connectivity index (χ4n) is 1.10. The van der Waals surface area contributed by atoms with Crippen LogP contribution >= 0.6 is 0 Å².